The minimum absolute atomic E-state index is 0.0614. The highest BCUT2D eigenvalue weighted by atomic mass is 32.2. The molecule has 1 amide bonds. The van der Waals surface area contributed by atoms with Crippen molar-refractivity contribution in [3.05, 3.63) is 48.0 Å². The van der Waals surface area contributed by atoms with E-state index < -0.39 is 29.1 Å². The molecule has 148 valence electrons. The first-order chi connectivity index (χ1) is 12.9. The van der Waals surface area contributed by atoms with E-state index in [1.807, 2.05) is 44.2 Å². The number of nitrogens with one attached hydrogen (secondary N) is 2. The van der Waals surface area contributed by atoms with Crippen molar-refractivity contribution < 1.29 is 23.3 Å². The number of carbonyl (C=O) groups is 2. The SMILES string of the molecule is COC(=O)[C@@H](NS(=O)C1C=CC(NC(=O)OCc2ccccc2)C1)C(C)C. The van der Waals surface area contributed by atoms with E-state index in [4.69, 9.17) is 9.47 Å². The normalized spacial score (nSPS) is 20.9. The fourth-order valence-corrected chi connectivity index (χ4v) is 4.05. The van der Waals surface area contributed by atoms with E-state index in [0.717, 1.165) is 5.56 Å². The van der Waals surface area contributed by atoms with Crippen molar-refractivity contribution in [2.75, 3.05) is 7.11 Å². The number of rotatable bonds is 8. The van der Waals surface area contributed by atoms with Gasteiger partial charge in [-0.25, -0.2) is 13.7 Å². The van der Waals surface area contributed by atoms with Crippen molar-refractivity contribution in [2.45, 2.75) is 44.2 Å². The topological polar surface area (TPSA) is 93.7 Å². The van der Waals surface area contributed by atoms with Crippen LogP contribution in [0.1, 0.15) is 25.8 Å². The van der Waals surface area contributed by atoms with E-state index in [-0.39, 0.29) is 23.8 Å². The summed E-state index contributed by atoms with van der Waals surface area (Å²) < 4.78 is 25.3. The maximum Gasteiger partial charge on any atom is 0.407 e. The summed E-state index contributed by atoms with van der Waals surface area (Å²) in [6.45, 7) is 3.89. The molecule has 0 bridgehead atoms. The van der Waals surface area contributed by atoms with Crippen LogP contribution in [0.3, 0.4) is 0 Å². The highest BCUT2D eigenvalue weighted by Crippen LogP contribution is 2.17. The van der Waals surface area contributed by atoms with Crippen LogP contribution < -0.4 is 10.0 Å². The average molecular weight is 394 g/mol. The summed E-state index contributed by atoms with van der Waals surface area (Å²) >= 11 is 0. The zero-order valence-electron chi connectivity index (χ0n) is 15.7. The molecule has 0 saturated carbocycles. The lowest BCUT2D eigenvalue weighted by molar-refractivity contribution is -0.143. The molecule has 1 aromatic carbocycles. The third-order valence-electron chi connectivity index (χ3n) is 4.20. The zero-order chi connectivity index (χ0) is 19.8. The maximum atomic E-state index is 12.5. The third-order valence-corrected chi connectivity index (χ3v) is 5.59. The summed E-state index contributed by atoms with van der Waals surface area (Å²) in [5.41, 5.74) is 0.903. The number of amides is 1. The van der Waals surface area contributed by atoms with Crippen LogP contribution in [0.4, 0.5) is 4.79 Å². The Morgan fingerprint density at radius 3 is 2.56 bits per heavy atom. The van der Waals surface area contributed by atoms with Gasteiger partial charge in [-0.1, -0.05) is 56.3 Å². The number of esters is 1. The lowest BCUT2D eigenvalue weighted by Crippen LogP contribution is -2.45. The summed E-state index contributed by atoms with van der Waals surface area (Å²) in [4.78, 5) is 23.7. The van der Waals surface area contributed by atoms with Crippen LogP contribution in [0, 0.1) is 5.92 Å². The number of hydrogen-bond donors (Lipinski definition) is 2. The Bertz CT molecular complexity index is 693. The van der Waals surface area contributed by atoms with Gasteiger partial charge < -0.3 is 14.8 Å². The van der Waals surface area contributed by atoms with Crippen molar-refractivity contribution in [1.29, 1.82) is 0 Å². The van der Waals surface area contributed by atoms with Gasteiger partial charge in [0.2, 0.25) is 0 Å². The predicted molar refractivity (Wildman–Crippen MR) is 103 cm³/mol. The first-order valence-electron chi connectivity index (χ1n) is 8.80. The molecule has 0 aliphatic heterocycles. The second-order valence-corrected chi connectivity index (χ2v) is 8.07. The average Bonchev–Trinajstić information content (AvgIpc) is 3.12. The van der Waals surface area contributed by atoms with Gasteiger partial charge >= 0.3 is 12.1 Å². The predicted octanol–water partition coefficient (Wildman–Crippen LogP) is 2.06. The maximum absolute atomic E-state index is 12.5. The molecule has 4 atom stereocenters. The quantitative estimate of drug-likeness (QED) is 0.520. The molecule has 0 spiro atoms. The van der Waals surface area contributed by atoms with Gasteiger partial charge in [0.1, 0.15) is 12.6 Å². The molecule has 27 heavy (non-hydrogen) atoms. The number of hydrogen-bond acceptors (Lipinski definition) is 5. The van der Waals surface area contributed by atoms with Crippen molar-refractivity contribution in [2.24, 2.45) is 5.92 Å². The highest BCUT2D eigenvalue weighted by molar-refractivity contribution is 7.83. The number of carbonyl (C=O) groups excluding carboxylic acids is 2. The molecule has 2 rings (SSSR count). The lowest BCUT2D eigenvalue weighted by Gasteiger charge is -2.21. The molecule has 0 fully saturated rings. The molecule has 1 aliphatic carbocycles. The van der Waals surface area contributed by atoms with Crippen LogP contribution in [-0.4, -0.2) is 40.7 Å². The first kappa shape index (κ1) is 21.1. The van der Waals surface area contributed by atoms with Gasteiger partial charge in [-0.2, -0.15) is 0 Å². The Morgan fingerprint density at radius 2 is 1.93 bits per heavy atom. The van der Waals surface area contributed by atoms with E-state index in [1.165, 1.54) is 7.11 Å². The van der Waals surface area contributed by atoms with Gasteiger partial charge in [-0.3, -0.25) is 4.79 Å². The van der Waals surface area contributed by atoms with Crippen LogP contribution >= 0.6 is 0 Å². The molecule has 2 N–H and O–H groups in total. The van der Waals surface area contributed by atoms with Crippen LogP contribution in [0.2, 0.25) is 0 Å². The van der Waals surface area contributed by atoms with Crippen LogP contribution in [0.5, 0.6) is 0 Å². The Kier molecular flexibility index (Phi) is 7.99. The fourth-order valence-electron chi connectivity index (χ4n) is 2.64. The molecule has 8 heteroatoms. The lowest BCUT2D eigenvalue weighted by atomic mass is 10.1. The number of methoxy groups -OCH3 is 1. The molecular weight excluding hydrogens is 368 g/mol. The smallest absolute Gasteiger partial charge is 0.407 e. The fraction of sp³-hybridized carbons (Fsp3) is 0.474. The molecule has 0 aromatic heterocycles. The van der Waals surface area contributed by atoms with Gasteiger partial charge in [0.15, 0.2) is 0 Å². The minimum atomic E-state index is -1.47. The molecule has 1 aliphatic rings. The van der Waals surface area contributed by atoms with Crippen LogP contribution in [0.25, 0.3) is 0 Å². The minimum Gasteiger partial charge on any atom is -0.468 e. The van der Waals surface area contributed by atoms with Gasteiger partial charge in [0.05, 0.1) is 29.4 Å². The van der Waals surface area contributed by atoms with E-state index in [1.54, 1.807) is 12.2 Å². The van der Waals surface area contributed by atoms with E-state index >= 15 is 0 Å². The van der Waals surface area contributed by atoms with Gasteiger partial charge in [0.25, 0.3) is 0 Å². The number of ether oxygens (including phenoxy) is 2. The number of benzene rings is 1. The standard InChI is InChI=1S/C19H26N2O5S/c1-13(2)17(18(22)25-3)21-27(24)16-10-9-15(11-16)20-19(23)26-12-14-7-5-4-6-8-14/h4-10,13,15-17,21H,11-12H2,1-3H3,(H,20,23)/t15?,16?,17-,27?/m0/s1. The Balaban J connectivity index is 1.78. The van der Waals surface area contributed by atoms with Crippen molar-refractivity contribution in [3.8, 4) is 0 Å². The highest BCUT2D eigenvalue weighted by Gasteiger charge is 2.30. The summed E-state index contributed by atoms with van der Waals surface area (Å²) in [6.07, 6.45) is 3.50. The summed E-state index contributed by atoms with van der Waals surface area (Å²) in [6, 6.07) is 8.49. The molecule has 0 saturated heterocycles. The second-order valence-electron chi connectivity index (χ2n) is 6.63. The largest absolute Gasteiger partial charge is 0.468 e. The van der Waals surface area contributed by atoms with Gasteiger partial charge in [-0.15, -0.1) is 0 Å². The van der Waals surface area contributed by atoms with Crippen molar-refractivity contribution in [1.82, 2.24) is 10.0 Å². The molecule has 1 aromatic rings. The van der Waals surface area contributed by atoms with Gasteiger partial charge in [-0.05, 0) is 17.9 Å². The van der Waals surface area contributed by atoms with E-state index in [0.29, 0.717) is 6.42 Å². The summed E-state index contributed by atoms with van der Waals surface area (Å²) in [5.74, 6) is -0.506. The Labute approximate surface area is 162 Å². The van der Waals surface area contributed by atoms with Crippen LogP contribution in [0.15, 0.2) is 42.5 Å². The molecule has 0 radical (unpaired) electrons. The summed E-state index contributed by atoms with van der Waals surface area (Å²) in [5, 5.41) is 2.43. The van der Waals surface area contributed by atoms with Crippen LogP contribution in [-0.2, 0) is 31.9 Å². The van der Waals surface area contributed by atoms with Crippen molar-refractivity contribution in [3.63, 3.8) is 0 Å². The van der Waals surface area contributed by atoms with E-state index in [2.05, 4.69) is 10.0 Å². The number of alkyl carbamates (subject to hydrolysis) is 1. The molecular formula is C19H26N2O5S. The van der Waals surface area contributed by atoms with E-state index in [9.17, 15) is 13.8 Å². The molecule has 7 nitrogen and oxygen atoms in total. The Morgan fingerprint density at radius 1 is 1.22 bits per heavy atom. The summed E-state index contributed by atoms with van der Waals surface area (Å²) in [7, 11) is -0.163. The molecule has 3 unspecified atom stereocenters. The van der Waals surface area contributed by atoms with Gasteiger partial charge in [0, 0.05) is 0 Å². The molecule has 0 heterocycles. The second kappa shape index (κ2) is 10.2. The van der Waals surface area contributed by atoms with Crippen molar-refractivity contribution >= 4 is 23.0 Å². The zero-order valence-corrected chi connectivity index (χ0v) is 16.5. The first-order valence-corrected chi connectivity index (χ1v) is 10.0. The third kappa shape index (κ3) is 6.48. The Hall–Kier alpha value is -2.19. The monoisotopic (exact) mass is 394 g/mol.